The summed E-state index contributed by atoms with van der Waals surface area (Å²) >= 11 is 0. The van der Waals surface area contributed by atoms with Crippen LogP contribution >= 0.6 is 0 Å². The van der Waals surface area contributed by atoms with E-state index in [2.05, 4.69) is 20.1 Å². The van der Waals surface area contributed by atoms with E-state index in [1.54, 1.807) is 36.4 Å². The number of fused-ring (bicyclic) bond motifs is 1. The molecule has 0 aliphatic carbocycles. The molecule has 0 amide bonds. The van der Waals surface area contributed by atoms with Gasteiger partial charge in [-0.1, -0.05) is 24.3 Å². The van der Waals surface area contributed by atoms with Crippen LogP contribution in [-0.2, 0) is 10.0 Å². The highest BCUT2D eigenvalue weighted by molar-refractivity contribution is 7.92. The summed E-state index contributed by atoms with van der Waals surface area (Å²) in [7, 11) is -3.61. The lowest BCUT2D eigenvalue weighted by Crippen LogP contribution is -2.13. The van der Waals surface area contributed by atoms with Crippen molar-refractivity contribution in [1.82, 2.24) is 15.4 Å². The molecule has 0 radical (unpaired) electrons. The first kappa shape index (κ1) is 11.7. The summed E-state index contributed by atoms with van der Waals surface area (Å²) in [5.41, 5.74) is 1.49. The van der Waals surface area contributed by atoms with Crippen molar-refractivity contribution in [3.05, 3.63) is 48.5 Å². The number of hydrogen-bond acceptors (Lipinski definition) is 4. The van der Waals surface area contributed by atoms with Gasteiger partial charge in [0, 0.05) is 0 Å². The maximum Gasteiger partial charge on any atom is 0.261 e. The number of hydrogen-bond donors (Lipinski definition) is 2. The molecular formula is C12H10N4O2S. The number of anilines is 1. The Balaban J connectivity index is 2.04. The Hall–Kier alpha value is -2.41. The van der Waals surface area contributed by atoms with E-state index in [4.69, 9.17) is 0 Å². The molecule has 1 aromatic heterocycles. The van der Waals surface area contributed by atoms with Crippen molar-refractivity contribution in [2.24, 2.45) is 0 Å². The molecule has 0 fully saturated rings. The van der Waals surface area contributed by atoms with Gasteiger partial charge in [0.05, 0.1) is 10.6 Å². The summed E-state index contributed by atoms with van der Waals surface area (Å²) in [4.78, 5) is 0.204. The average molecular weight is 274 g/mol. The van der Waals surface area contributed by atoms with Crippen molar-refractivity contribution in [2.45, 2.75) is 4.90 Å². The molecule has 0 bridgehead atoms. The van der Waals surface area contributed by atoms with Gasteiger partial charge < -0.3 is 0 Å². The molecule has 7 heteroatoms. The molecular weight excluding hydrogens is 264 g/mol. The molecule has 0 saturated heterocycles. The maximum absolute atomic E-state index is 12.2. The van der Waals surface area contributed by atoms with Crippen LogP contribution in [0.25, 0.3) is 11.0 Å². The molecule has 2 aromatic carbocycles. The first-order chi connectivity index (χ1) is 9.17. The predicted octanol–water partition coefficient (Wildman–Crippen LogP) is 1.76. The average Bonchev–Trinajstić information content (AvgIpc) is 2.89. The number of benzene rings is 2. The van der Waals surface area contributed by atoms with Gasteiger partial charge in [0.25, 0.3) is 10.0 Å². The van der Waals surface area contributed by atoms with Gasteiger partial charge in [-0.15, -0.1) is 0 Å². The van der Waals surface area contributed by atoms with Gasteiger partial charge in [0.15, 0.2) is 0 Å². The lowest BCUT2D eigenvalue weighted by atomic mass is 10.3. The quantitative estimate of drug-likeness (QED) is 0.761. The van der Waals surface area contributed by atoms with Gasteiger partial charge in [-0.25, -0.2) is 8.42 Å². The largest absolute Gasteiger partial charge is 0.277 e. The Kier molecular flexibility index (Phi) is 2.68. The van der Waals surface area contributed by atoms with Gasteiger partial charge in [-0.3, -0.25) is 4.72 Å². The number of aromatic amines is 1. The summed E-state index contributed by atoms with van der Waals surface area (Å²) in [5.74, 6) is 0. The highest BCUT2D eigenvalue weighted by Crippen LogP contribution is 2.22. The predicted molar refractivity (Wildman–Crippen MR) is 71.1 cm³/mol. The zero-order valence-corrected chi connectivity index (χ0v) is 10.6. The Morgan fingerprint density at radius 3 is 2.53 bits per heavy atom. The first-order valence-corrected chi connectivity index (χ1v) is 7.02. The number of sulfonamides is 1. The Morgan fingerprint density at radius 1 is 0.947 bits per heavy atom. The van der Waals surface area contributed by atoms with E-state index in [1.165, 1.54) is 12.1 Å². The number of nitrogens with one attached hydrogen (secondary N) is 2. The lowest BCUT2D eigenvalue weighted by molar-refractivity contribution is 0.601. The highest BCUT2D eigenvalue weighted by Gasteiger charge is 2.15. The molecule has 0 unspecified atom stereocenters. The number of aromatic nitrogens is 3. The number of nitrogens with zero attached hydrogens (tertiary/aromatic N) is 2. The molecule has 3 aromatic rings. The van der Waals surface area contributed by atoms with Crippen molar-refractivity contribution in [3.63, 3.8) is 0 Å². The van der Waals surface area contributed by atoms with Crippen molar-refractivity contribution < 1.29 is 8.42 Å². The van der Waals surface area contributed by atoms with E-state index in [9.17, 15) is 8.42 Å². The zero-order valence-electron chi connectivity index (χ0n) is 9.74. The molecule has 0 saturated carbocycles. The van der Waals surface area contributed by atoms with E-state index in [1.807, 2.05) is 0 Å². The topological polar surface area (TPSA) is 87.7 Å². The van der Waals surface area contributed by atoms with Crippen LogP contribution in [0.3, 0.4) is 0 Å². The van der Waals surface area contributed by atoms with Crippen LogP contribution in [0.5, 0.6) is 0 Å². The number of H-pyrrole nitrogens is 1. The third-order valence-electron chi connectivity index (χ3n) is 2.64. The molecule has 0 aliphatic rings. The van der Waals surface area contributed by atoms with Gasteiger partial charge in [0.2, 0.25) is 0 Å². The van der Waals surface area contributed by atoms with Gasteiger partial charge in [-0.2, -0.15) is 15.4 Å². The van der Waals surface area contributed by atoms with Gasteiger partial charge >= 0.3 is 0 Å². The second-order valence-corrected chi connectivity index (χ2v) is 5.60. The molecule has 0 spiro atoms. The fourth-order valence-corrected chi connectivity index (χ4v) is 2.84. The number of rotatable bonds is 3. The van der Waals surface area contributed by atoms with Crippen molar-refractivity contribution in [3.8, 4) is 0 Å². The molecule has 3 rings (SSSR count). The Labute approximate surface area is 109 Å². The van der Waals surface area contributed by atoms with Crippen LogP contribution in [0, 0.1) is 0 Å². The van der Waals surface area contributed by atoms with E-state index in [0.29, 0.717) is 16.7 Å². The summed E-state index contributed by atoms with van der Waals surface area (Å²) in [6.07, 6.45) is 0. The first-order valence-electron chi connectivity index (χ1n) is 5.54. The fourth-order valence-electron chi connectivity index (χ4n) is 1.75. The minimum absolute atomic E-state index is 0.204. The molecule has 0 aliphatic heterocycles. The summed E-state index contributed by atoms with van der Waals surface area (Å²) in [5, 5.41) is 10.3. The Bertz CT molecular complexity index is 812. The van der Waals surface area contributed by atoms with Crippen LogP contribution in [0.2, 0.25) is 0 Å². The monoisotopic (exact) mass is 274 g/mol. The maximum atomic E-state index is 12.2. The number of para-hydroxylation sites is 1. The molecule has 6 nitrogen and oxygen atoms in total. The lowest BCUT2D eigenvalue weighted by Gasteiger charge is -2.07. The van der Waals surface area contributed by atoms with E-state index >= 15 is 0 Å². The standard InChI is InChI=1S/C12H10N4O2S/c17-19(18,9-5-2-1-3-6-9)15-11-8-4-7-10-12(11)14-16-13-10/h1-8,15H,(H,13,14,16). The van der Waals surface area contributed by atoms with Crippen molar-refractivity contribution in [1.29, 1.82) is 0 Å². The van der Waals surface area contributed by atoms with E-state index in [-0.39, 0.29) is 4.90 Å². The molecule has 1 heterocycles. The summed E-state index contributed by atoms with van der Waals surface area (Å²) in [6, 6.07) is 13.3. The summed E-state index contributed by atoms with van der Waals surface area (Å²) in [6.45, 7) is 0. The van der Waals surface area contributed by atoms with E-state index in [0.717, 1.165) is 0 Å². The SMILES string of the molecule is O=S(=O)(Nc1cccc2n[nH]nc12)c1ccccc1. The third kappa shape index (κ3) is 2.15. The minimum Gasteiger partial charge on any atom is -0.277 e. The van der Waals surface area contributed by atoms with Crippen molar-refractivity contribution in [2.75, 3.05) is 4.72 Å². The zero-order chi connectivity index (χ0) is 13.3. The highest BCUT2D eigenvalue weighted by atomic mass is 32.2. The van der Waals surface area contributed by atoms with Crippen LogP contribution in [0.4, 0.5) is 5.69 Å². The minimum atomic E-state index is -3.61. The summed E-state index contributed by atoms with van der Waals surface area (Å²) < 4.78 is 26.9. The normalized spacial score (nSPS) is 11.6. The van der Waals surface area contributed by atoms with E-state index < -0.39 is 10.0 Å². The Morgan fingerprint density at radius 2 is 1.74 bits per heavy atom. The molecule has 2 N–H and O–H groups in total. The molecule has 0 atom stereocenters. The van der Waals surface area contributed by atoms with Gasteiger partial charge in [-0.05, 0) is 24.3 Å². The molecule has 96 valence electrons. The van der Waals surface area contributed by atoms with Crippen molar-refractivity contribution >= 4 is 26.7 Å². The fraction of sp³-hybridized carbons (Fsp3) is 0. The third-order valence-corrected chi connectivity index (χ3v) is 4.03. The molecule has 19 heavy (non-hydrogen) atoms. The van der Waals surface area contributed by atoms with Crippen LogP contribution in [0.1, 0.15) is 0 Å². The van der Waals surface area contributed by atoms with Crippen LogP contribution < -0.4 is 4.72 Å². The van der Waals surface area contributed by atoms with Gasteiger partial charge in [0.1, 0.15) is 11.0 Å². The smallest absolute Gasteiger partial charge is 0.261 e. The second-order valence-electron chi connectivity index (χ2n) is 3.92. The van der Waals surface area contributed by atoms with Crippen LogP contribution in [-0.4, -0.2) is 23.8 Å². The second kappa shape index (κ2) is 4.36. The van der Waals surface area contributed by atoms with Crippen LogP contribution in [0.15, 0.2) is 53.4 Å².